The Morgan fingerprint density at radius 1 is 1.63 bits per heavy atom. The summed E-state index contributed by atoms with van der Waals surface area (Å²) >= 11 is 2.62. The summed E-state index contributed by atoms with van der Waals surface area (Å²) in [4.78, 5) is 30.1. The van der Waals surface area contributed by atoms with E-state index in [1.165, 1.54) is 11.3 Å². The van der Waals surface area contributed by atoms with Gasteiger partial charge in [-0.2, -0.15) is 0 Å². The maximum absolute atomic E-state index is 11.1. The topological polar surface area (TPSA) is 95.1 Å². The number of nitrogens with zero attached hydrogens (tertiary/aromatic N) is 1. The zero-order valence-electron chi connectivity index (χ0n) is 9.80. The fraction of sp³-hybridized carbons (Fsp3) is 0.364. The van der Waals surface area contributed by atoms with Gasteiger partial charge in [-0.1, -0.05) is 11.3 Å². The van der Waals surface area contributed by atoms with E-state index in [0.717, 1.165) is 28.3 Å². The highest BCUT2D eigenvalue weighted by Gasteiger charge is 2.32. The summed E-state index contributed by atoms with van der Waals surface area (Å²) in [6, 6.07) is 0. The van der Waals surface area contributed by atoms with Crippen LogP contribution in [0.5, 0.6) is 0 Å². The third kappa shape index (κ3) is 2.41. The molecule has 2 aromatic rings. The number of aromatic amines is 1. The van der Waals surface area contributed by atoms with Crippen molar-refractivity contribution in [3.05, 3.63) is 31.3 Å². The molecule has 19 heavy (non-hydrogen) atoms. The third-order valence-electron chi connectivity index (χ3n) is 3.02. The van der Waals surface area contributed by atoms with Gasteiger partial charge in [-0.25, -0.2) is 4.98 Å². The van der Waals surface area contributed by atoms with Gasteiger partial charge in [-0.3, -0.25) is 9.59 Å². The van der Waals surface area contributed by atoms with E-state index in [2.05, 4.69) is 15.3 Å². The van der Waals surface area contributed by atoms with Crippen LogP contribution in [-0.2, 0) is 17.8 Å². The second-order valence-corrected chi connectivity index (χ2v) is 6.21. The molecule has 8 heteroatoms. The van der Waals surface area contributed by atoms with Gasteiger partial charge in [-0.15, -0.1) is 11.3 Å². The summed E-state index contributed by atoms with van der Waals surface area (Å²) in [5, 5.41) is 14.7. The van der Waals surface area contributed by atoms with Crippen LogP contribution in [0.1, 0.15) is 28.6 Å². The number of hydrogen-bond acceptors (Lipinski definition) is 6. The summed E-state index contributed by atoms with van der Waals surface area (Å²) in [5.41, 5.74) is 1.50. The lowest BCUT2D eigenvalue weighted by Crippen LogP contribution is -2.09. The van der Waals surface area contributed by atoms with Crippen LogP contribution in [0.4, 0.5) is 5.13 Å². The van der Waals surface area contributed by atoms with E-state index in [-0.39, 0.29) is 4.87 Å². The standard InChI is InChI=1S/C11H11N3O3S2/c15-9(16)6-1-2-7-8(6)14-10(19-7)12-3-5-4-18-11(17)13-5/h4,6H,1-3H2,(H,12,14)(H,13,17)(H,15,16). The Morgan fingerprint density at radius 2 is 2.47 bits per heavy atom. The Labute approximate surface area is 116 Å². The molecule has 0 bridgehead atoms. The average molecular weight is 297 g/mol. The number of nitrogens with one attached hydrogen (secondary N) is 2. The molecule has 2 aromatic heterocycles. The summed E-state index contributed by atoms with van der Waals surface area (Å²) in [6.45, 7) is 0.489. The van der Waals surface area contributed by atoms with Crippen LogP contribution < -0.4 is 10.2 Å². The monoisotopic (exact) mass is 297 g/mol. The average Bonchev–Trinajstić information content (AvgIpc) is 3.00. The predicted octanol–water partition coefficient (Wildman–Crippen LogP) is 1.62. The second-order valence-electron chi connectivity index (χ2n) is 4.28. The minimum Gasteiger partial charge on any atom is -0.481 e. The lowest BCUT2D eigenvalue weighted by molar-refractivity contribution is -0.138. The number of carbonyl (C=O) groups is 1. The predicted molar refractivity (Wildman–Crippen MR) is 73.1 cm³/mol. The highest BCUT2D eigenvalue weighted by Crippen LogP contribution is 2.38. The molecule has 100 valence electrons. The lowest BCUT2D eigenvalue weighted by Gasteiger charge is -2.02. The third-order valence-corrected chi connectivity index (χ3v) is 4.82. The molecule has 0 saturated heterocycles. The number of hydrogen-bond donors (Lipinski definition) is 3. The second kappa shape index (κ2) is 4.78. The van der Waals surface area contributed by atoms with E-state index in [0.29, 0.717) is 23.8 Å². The molecule has 1 aliphatic rings. The molecule has 0 radical (unpaired) electrons. The van der Waals surface area contributed by atoms with E-state index in [4.69, 9.17) is 5.11 Å². The van der Waals surface area contributed by atoms with Crippen molar-refractivity contribution < 1.29 is 9.90 Å². The molecule has 0 spiro atoms. The van der Waals surface area contributed by atoms with Gasteiger partial charge in [0.25, 0.3) is 0 Å². The van der Waals surface area contributed by atoms with Crippen molar-refractivity contribution in [3.63, 3.8) is 0 Å². The summed E-state index contributed by atoms with van der Waals surface area (Å²) < 4.78 is 0. The van der Waals surface area contributed by atoms with E-state index in [1.54, 1.807) is 5.38 Å². The van der Waals surface area contributed by atoms with Crippen LogP contribution in [0.15, 0.2) is 10.2 Å². The van der Waals surface area contributed by atoms with E-state index >= 15 is 0 Å². The number of carboxylic acids is 1. The number of anilines is 1. The Morgan fingerprint density at radius 3 is 3.16 bits per heavy atom. The number of thiazole rings is 2. The van der Waals surface area contributed by atoms with Gasteiger partial charge in [0, 0.05) is 16.0 Å². The van der Waals surface area contributed by atoms with Gasteiger partial charge in [0.15, 0.2) is 5.13 Å². The van der Waals surface area contributed by atoms with Gasteiger partial charge in [0.2, 0.25) is 0 Å². The number of H-pyrrole nitrogens is 1. The van der Waals surface area contributed by atoms with Gasteiger partial charge >= 0.3 is 10.8 Å². The van der Waals surface area contributed by atoms with Crippen molar-refractivity contribution >= 4 is 33.8 Å². The van der Waals surface area contributed by atoms with E-state index in [1.807, 2.05) is 0 Å². The molecule has 1 unspecified atom stereocenters. The number of rotatable bonds is 4. The molecule has 6 nitrogen and oxygen atoms in total. The molecule has 1 aliphatic carbocycles. The van der Waals surface area contributed by atoms with Crippen LogP contribution in [0.25, 0.3) is 0 Å². The summed E-state index contributed by atoms with van der Waals surface area (Å²) in [7, 11) is 0. The minimum atomic E-state index is -0.808. The van der Waals surface area contributed by atoms with Crippen LogP contribution in [0.2, 0.25) is 0 Å². The number of aliphatic carboxylic acids is 1. The number of fused-ring (bicyclic) bond motifs is 1. The molecule has 3 rings (SSSR count). The summed E-state index contributed by atoms with van der Waals surface area (Å²) in [6.07, 6.45) is 1.42. The molecule has 0 aliphatic heterocycles. The molecular weight excluding hydrogens is 286 g/mol. The van der Waals surface area contributed by atoms with Crippen LogP contribution >= 0.6 is 22.7 Å². The first-order valence-corrected chi connectivity index (χ1v) is 7.46. The fourth-order valence-corrected chi connectivity index (χ4v) is 3.73. The van der Waals surface area contributed by atoms with Crippen molar-refractivity contribution in [1.29, 1.82) is 0 Å². The number of aryl methyl sites for hydroxylation is 1. The van der Waals surface area contributed by atoms with Gasteiger partial charge < -0.3 is 15.4 Å². The van der Waals surface area contributed by atoms with Crippen molar-refractivity contribution in [2.75, 3.05) is 5.32 Å². The smallest absolute Gasteiger partial charge is 0.312 e. The van der Waals surface area contributed by atoms with Crippen LogP contribution in [0.3, 0.4) is 0 Å². The number of carboxylic acid groups (broad SMARTS) is 1. The minimum absolute atomic E-state index is 0.0793. The normalized spacial score (nSPS) is 17.4. The molecule has 0 saturated carbocycles. The Bertz CT molecular complexity index is 673. The maximum Gasteiger partial charge on any atom is 0.312 e. The zero-order valence-corrected chi connectivity index (χ0v) is 11.4. The SMILES string of the molecule is O=C(O)C1CCc2sc(NCc3csc(=O)[nH]3)nc21. The van der Waals surface area contributed by atoms with Crippen molar-refractivity contribution in [3.8, 4) is 0 Å². The summed E-state index contributed by atoms with van der Waals surface area (Å²) in [5.74, 6) is -1.28. The first-order chi connectivity index (χ1) is 9.13. The molecule has 2 heterocycles. The molecule has 0 aromatic carbocycles. The van der Waals surface area contributed by atoms with Crippen molar-refractivity contribution in [1.82, 2.24) is 9.97 Å². The highest BCUT2D eigenvalue weighted by molar-refractivity contribution is 7.15. The Balaban J connectivity index is 1.72. The van der Waals surface area contributed by atoms with Gasteiger partial charge in [-0.05, 0) is 12.8 Å². The molecule has 0 amide bonds. The molecule has 0 fully saturated rings. The first kappa shape index (κ1) is 12.4. The maximum atomic E-state index is 11.1. The van der Waals surface area contributed by atoms with Crippen LogP contribution in [-0.4, -0.2) is 21.0 Å². The highest BCUT2D eigenvalue weighted by atomic mass is 32.1. The van der Waals surface area contributed by atoms with Crippen molar-refractivity contribution in [2.45, 2.75) is 25.3 Å². The van der Waals surface area contributed by atoms with E-state index < -0.39 is 11.9 Å². The van der Waals surface area contributed by atoms with Gasteiger partial charge in [0.1, 0.15) is 5.92 Å². The molecular formula is C11H11N3O3S2. The zero-order chi connectivity index (χ0) is 13.4. The Kier molecular flexibility index (Phi) is 3.11. The first-order valence-electron chi connectivity index (χ1n) is 5.76. The largest absolute Gasteiger partial charge is 0.481 e. The van der Waals surface area contributed by atoms with E-state index in [9.17, 15) is 9.59 Å². The quantitative estimate of drug-likeness (QED) is 0.797. The van der Waals surface area contributed by atoms with Crippen LogP contribution in [0, 0.1) is 0 Å². The number of aromatic nitrogens is 2. The van der Waals surface area contributed by atoms with Crippen molar-refractivity contribution in [2.24, 2.45) is 0 Å². The Hall–Kier alpha value is -1.67. The molecule has 1 atom stereocenters. The fourth-order valence-electron chi connectivity index (χ4n) is 2.11. The molecule has 3 N–H and O–H groups in total. The lowest BCUT2D eigenvalue weighted by atomic mass is 10.1. The van der Waals surface area contributed by atoms with Gasteiger partial charge in [0.05, 0.1) is 12.2 Å².